The molecule has 1 saturated heterocycles. The fourth-order valence-electron chi connectivity index (χ4n) is 2.83. The number of alkyl halides is 3. The van der Waals surface area contributed by atoms with E-state index in [9.17, 15) is 22.8 Å². The van der Waals surface area contributed by atoms with E-state index in [2.05, 4.69) is 5.10 Å². The zero-order valence-corrected chi connectivity index (χ0v) is 13.8. The molecule has 1 aliphatic heterocycles. The molecule has 0 aromatic carbocycles. The normalized spacial score (nSPS) is 18.6. The van der Waals surface area contributed by atoms with Crippen molar-refractivity contribution in [1.82, 2.24) is 14.7 Å². The van der Waals surface area contributed by atoms with E-state index in [1.807, 2.05) is 0 Å². The summed E-state index contributed by atoms with van der Waals surface area (Å²) in [5.74, 6) is -1.68. The van der Waals surface area contributed by atoms with Crippen molar-refractivity contribution in [2.24, 2.45) is 13.0 Å². The minimum absolute atomic E-state index is 0.0588. The summed E-state index contributed by atoms with van der Waals surface area (Å²) in [6, 6.07) is 0. The first-order valence-electron chi connectivity index (χ1n) is 7.73. The summed E-state index contributed by atoms with van der Waals surface area (Å²) in [6.45, 7) is 3.69. The lowest BCUT2D eigenvalue weighted by atomic mass is 9.97. The maximum atomic E-state index is 13.2. The third-order valence-corrected chi connectivity index (χ3v) is 4.14. The molecule has 1 atom stereocenters. The molecule has 6 nitrogen and oxygen atoms in total. The van der Waals surface area contributed by atoms with Crippen LogP contribution in [0, 0.1) is 12.8 Å². The molecule has 1 aromatic rings. The van der Waals surface area contributed by atoms with Gasteiger partial charge in [-0.3, -0.25) is 14.3 Å². The number of hydrogen-bond donors (Lipinski definition) is 0. The van der Waals surface area contributed by atoms with Gasteiger partial charge in [-0.15, -0.1) is 0 Å². The van der Waals surface area contributed by atoms with Crippen molar-refractivity contribution >= 4 is 11.9 Å². The molecule has 2 rings (SSSR count). The van der Waals surface area contributed by atoms with Crippen LogP contribution < -0.4 is 0 Å². The van der Waals surface area contributed by atoms with E-state index < -0.39 is 35.2 Å². The molecule has 1 aromatic heterocycles. The number of rotatable bonds is 3. The van der Waals surface area contributed by atoms with E-state index in [1.54, 1.807) is 6.92 Å². The number of carbonyl (C=O) groups is 2. The molecule has 1 unspecified atom stereocenters. The second-order valence-corrected chi connectivity index (χ2v) is 5.77. The molecule has 134 valence electrons. The van der Waals surface area contributed by atoms with Gasteiger partial charge in [-0.1, -0.05) is 0 Å². The maximum Gasteiger partial charge on any atom is 0.435 e. The molecule has 0 N–H and O–H groups in total. The summed E-state index contributed by atoms with van der Waals surface area (Å²) in [5, 5.41) is 3.43. The number of esters is 1. The SMILES string of the molecule is CCOC(=O)C1CCCN(C(=O)c2c(C(F)(F)F)nn(C)c2C)C1. The Hall–Kier alpha value is -2.06. The van der Waals surface area contributed by atoms with Crippen molar-refractivity contribution < 1.29 is 27.5 Å². The standard InChI is InChI=1S/C15H20F3N3O3/c1-4-24-14(23)10-6-5-7-21(8-10)13(22)11-9(2)20(3)19-12(11)15(16,17)18/h10H,4-8H2,1-3H3. The van der Waals surface area contributed by atoms with Crippen molar-refractivity contribution in [2.75, 3.05) is 19.7 Å². The smallest absolute Gasteiger partial charge is 0.435 e. The Morgan fingerprint density at radius 1 is 1.38 bits per heavy atom. The quantitative estimate of drug-likeness (QED) is 0.786. The molecular formula is C15H20F3N3O3. The topological polar surface area (TPSA) is 64.4 Å². The summed E-state index contributed by atoms with van der Waals surface area (Å²) < 4.78 is 45.5. The molecule has 1 fully saturated rings. The van der Waals surface area contributed by atoms with Gasteiger partial charge in [0.15, 0.2) is 5.69 Å². The van der Waals surface area contributed by atoms with Crippen LogP contribution >= 0.6 is 0 Å². The van der Waals surface area contributed by atoms with Gasteiger partial charge in [0, 0.05) is 25.8 Å². The molecule has 24 heavy (non-hydrogen) atoms. The van der Waals surface area contributed by atoms with Crippen LogP contribution in [0.5, 0.6) is 0 Å². The Labute approximate surface area is 137 Å². The fraction of sp³-hybridized carbons (Fsp3) is 0.667. The number of carbonyl (C=O) groups excluding carboxylic acids is 2. The summed E-state index contributed by atoms with van der Waals surface area (Å²) in [4.78, 5) is 25.8. The van der Waals surface area contributed by atoms with Crippen LogP contribution in [0.2, 0.25) is 0 Å². The van der Waals surface area contributed by atoms with E-state index in [4.69, 9.17) is 4.74 Å². The van der Waals surface area contributed by atoms with Crippen LogP contribution in [0.15, 0.2) is 0 Å². The highest BCUT2D eigenvalue weighted by atomic mass is 19.4. The molecule has 9 heteroatoms. The molecular weight excluding hydrogens is 327 g/mol. The predicted octanol–water partition coefficient (Wildman–Crippen LogP) is 2.16. The number of ether oxygens (including phenoxy) is 1. The fourth-order valence-corrected chi connectivity index (χ4v) is 2.83. The van der Waals surface area contributed by atoms with Crippen LogP contribution in [-0.4, -0.2) is 46.3 Å². The van der Waals surface area contributed by atoms with Gasteiger partial charge in [0.1, 0.15) is 0 Å². The zero-order chi connectivity index (χ0) is 18.1. The second kappa shape index (κ2) is 6.82. The molecule has 0 bridgehead atoms. The number of likely N-dealkylation sites (tertiary alicyclic amines) is 1. The van der Waals surface area contributed by atoms with Crippen LogP contribution in [-0.2, 0) is 22.8 Å². The van der Waals surface area contributed by atoms with Crippen molar-refractivity contribution in [2.45, 2.75) is 32.9 Å². The van der Waals surface area contributed by atoms with Crippen molar-refractivity contribution in [3.8, 4) is 0 Å². The molecule has 1 amide bonds. The number of amides is 1. The van der Waals surface area contributed by atoms with Gasteiger partial charge in [0.2, 0.25) is 0 Å². The Morgan fingerprint density at radius 3 is 2.62 bits per heavy atom. The van der Waals surface area contributed by atoms with Gasteiger partial charge in [-0.05, 0) is 26.7 Å². The Kier molecular flexibility index (Phi) is 5.19. The Morgan fingerprint density at radius 2 is 2.04 bits per heavy atom. The first-order valence-corrected chi connectivity index (χ1v) is 7.73. The molecule has 0 saturated carbocycles. The second-order valence-electron chi connectivity index (χ2n) is 5.77. The van der Waals surface area contributed by atoms with Crippen molar-refractivity contribution in [3.63, 3.8) is 0 Å². The highest BCUT2D eigenvalue weighted by molar-refractivity contribution is 5.97. The number of piperidine rings is 1. The van der Waals surface area contributed by atoms with Gasteiger partial charge in [-0.2, -0.15) is 18.3 Å². The van der Waals surface area contributed by atoms with Gasteiger partial charge >= 0.3 is 12.1 Å². The molecule has 2 heterocycles. The molecule has 1 aliphatic rings. The highest BCUT2D eigenvalue weighted by Crippen LogP contribution is 2.33. The summed E-state index contributed by atoms with van der Waals surface area (Å²) in [7, 11) is 1.36. The number of aryl methyl sites for hydroxylation is 1. The monoisotopic (exact) mass is 347 g/mol. The van der Waals surface area contributed by atoms with E-state index in [0.717, 1.165) is 4.68 Å². The lowest BCUT2D eigenvalue weighted by Gasteiger charge is -2.31. The third kappa shape index (κ3) is 3.54. The average Bonchev–Trinajstić information content (AvgIpc) is 2.83. The highest BCUT2D eigenvalue weighted by Gasteiger charge is 2.42. The minimum atomic E-state index is -4.71. The van der Waals surface area contributed by atoms with Gasteiger partial charge < -0.3 is 9.64 Å². The molecule has 0 spiro atoms. The number of nitrogens with zero attached hydrogens (tertiary/aromatic N) is 3. The van der Waals surface area contributed by atoms with Crippen molar-refractivity contribution in [1.29, 1.82) is 0 Å². The number of halogens is 3. The van der Waals surface area contributed by atoms with E-state index in [1.165, 1.54) is 18.9 Å². The maximum absolute atomic E-state index is 13.2. The van der Waals surface area contributed by atoms with E-state index in [0.29, 0.717) is 19.4 Å². The Balaban J connectivity index is 2.27. The summed E-state index contributed by atoms with van der Waals surface area (Å²) >= 11 is 0. The van der Waals surface area contributed by atoms with Crippen LogP contribution in [0.1, 0.15) is 41.5 Å². The van der Waals surface area contributed by atoms with E-state index in [-0.39, 0.29) is 18.8 Å². The van der Waals surface area contributed by atoms with Crippen molar-refractivity contribution in [3.05, 3.63) is 17.0 Å². The van der Waals surface area contributed by atoms with Crippen LogP contribution in [0.25, 0.3) is 0 Å². The largest absolute Gasteiger partial charge is 0.466 e. The number of hydrogen-bond acceptors (Lipinski definition) is 4. The third-order valence-electron chi connectivity index (χ3n) is 4.14. The van der Waals surface area contributed by atoms with Crippen LogP contribution in [0.3, 0.4) is 0 Å². The van der Waals surface area contributed by atoms with Crippen LogP contribution in [0.4, 0.5) is 13.2 Å². The summed E-state index contributed by atoms with van der Waals surface area (Å²) in [5.41, 5.74) is -1.49. The molecule has 0 radical (unpaired) electrons. The number of aromatic nitrogens is 2. The van der Waals surface area contributed by atoms with E-state index >= 15 is 0 Å². The summed E-state index contributed by atoms with van der Waals surface area (Å²) in [6.07, 6.45) is -3.62. The van der Waals surface area contributed by atoms with Gasteiger partial charge in [0.05, 0.1) is 18.1 Å². The average molecular weight is 347 g/mol. The zero-order valence-electron chi connectivity index (χ0n) is 13.8. The first-order chi connectivity index (χ1) is 11.2. The predicted molar refractivity (Wildman–Crippen MR) is 78.2 cm³/mol. The molecule has 0 aliphatic carbocycles. The Bertz CT molecular complexity index is 640. The lowest BCUT2D eigenvalue weighted by Crippen LogP contribution is -2.43. The van der Waals surface area contributed by atoms with Gasteiger partial charge in [-0.25, -0.2) is 0 Å². The lowest BCUT2D eigenvalue weighted by molar-refractivity contribution is -0.149. The first kappa shape index (κ1) is 18.3. The van der Waals surface area contributed by atoms with Gasteiger partial charge in [0.25, 0.3) is 5.91 Å². The minimum Gasteiger partial charge on any atom is -0.466 e.